The van der Waals surface area contributed by atoms with Crippen molar-refractivity contribution in [2.45, 2.75) is 36.7 Å². The molecule has 2 heterocycles. The number of nitrogens with zero attached hydrogens (tertiary/aromatic N) is 3. The molecule has 0 aliphatic carbocycles. The Morgan fingerprint density at radius 1 is 1.05 bits per heavy atom. The summed E-state index contributed by atoms with van der Waals surface area (Å²) in [4.78, 5) is 30.3. The van der Waals surface area contributed by atoms with E-state index in [2.05, 4.69) is 19.9 Å². The number of thiazole rings is 1. The monoisotopic (exact) mass is 566 g/mol. The first-order chi connectivity index (χ1) is 18.3. The minimum Gasteiger partial charge on any atom is -0.449 e. The third-order valence-corrected chi connectivity index (χ3v) is 7.41. The fourth-order valence-electron chi connectivity index (χ4n) is 3.32. The predicted molar refractivity (Wildman–Crippen MR) is 151 cm³/mol. The summed E-state index contributed by atoms with van der Waals surface area (Å²) in [5.41, 5.74) is 1.74. The largest absolute Gasteiger partial charge is 0.449 e. The number of esters is 1. The van der Waals surface area contributed by atoms with E-state index >= 15 is 0 Å². The molecule has 2 aromatic carbocycles. The van der Waals surface area contributed by atoms with Crippen LogP contribution in [0, 0.1) is 0 Å². The first-order valence-corrected chi connectivity index (χ1v) is 14.3. The Morgan fingerprint density at radius 2 is 1.71 bits per heavy atom. The molecule has 196 valence electrons. The summed E-state index contributed by atoms with van der Waals surface area (Å²) in [6.07, 6.45) is 2.22. The average molecular weight is 567 g/mol. The van der Waals surface area contributed by atoms with Crippen molar-refractivity contribution in [2.24, 2.45) is 0 Å². The molecule has 0 atom stereocenters. The number of benzene rings is 2. The molecule has 1 amide bonds. The molecule has 4 rings (SSSR count). The number of amides is 1. The number of carbonyl (C=O) groups excluding carboxylic acids is 2. The van der Waals surface area contributed by atoms with E-state index in [1.807, 2.05) is 60.7 Å². The van der Waals surface area contributed by atoms with Crippen molar-refractivity contribution in [1.29, 1.82) is 0 Å². The molecule has 0 aliphatic rings. The van der Waals surface area contributed by atoms with Gasteiger partial charge in [-0.05, 0) is 43.4 Å². The lowest BCUT2D eigenvalue weighted by molar-refractivity contribution is -0.140. The number of aromatic nitrogens is 3. The number of ether oxygens (including phenoxy) is 2. The predicted octanol–water partition coefficient (Wildman–Crippen LogP) is 6.85. The molecule has 0 saturated carbocycles. The third kappa shape index (κ3) is 7.98. The Labute approximate surface area is 233 Å². The van der Waals surface area contributed by atoms with Crippen LogP contribution in [0.25, 0.3) is 5.57 Å². The van der Waals surface area contributed by atoms with Crippen LogP contribution >= 0.6 is 34.6 Å². The van der Waals surface area contributed by atoms with E-state index in [-0.39, 0.29) is 0 Å². The molecule has 0 bridgehead atoms. The highest BCUT2D eigenvalue weighted by atomic mass is 32.2. The Balaban J connectivity index is 1.59. The van der Waals surface area contributed by atoms with Gasteiger partial charge >= 0.3 is 12.1 Å². The molecule has 1 N–H and O–H groups in total. The van der Waals surface area contributed by atoms with E-state index in [1.54, 1.807) is 38.4 Å². The molecule has 0 radical (unpaired) electrons. The second-order valence-corrected chi connectivity index (χ2v) is 11.9. The second-order valence-electron chi connectivity index (χ2n) is 8.94. The summed E-state index contributed by atoms with van der Waals surface area (Å²) in [7, 11) is 0. The normalized spacial score (nSPS) is 11.8. The van der Waals surface area contributed by atoms with Gasteiger partial charge in [0.2, 0.25) is 0 Å². The lowest BCUT2D eigenvalue weighted by atomic mass is 10.0. The van der Waals surface area contributed by atoms with Gasteiger partial charge in [0.15, 0.2) is 11.2 Å². The van der Waals surface area contributed by atoms with Gasteiger partial charge in [0.05, 0.1) is 17.5 Å². The number of nitrogens with one attached hydrogen (secondary N) is 1. The van der Waals surface area contributed by atoms with Gasteiger partial charge < -0.3 is 9.47 Å². The molecule has 0 spiro atoms. The maximum atomic E-state index is 13.6. The van der Waals surface area contributed by atoms with Crippen molar-refractivity contribution >= 4 is 57.4 Å². The molecule has 8 nitrogen and oxygen atoms in total. The van der Waals surface area contributed by atoms with E-state index in [9.17, 15) is 9.59 Å². The van der Waals surface area contributed by atoms with E-state index in [0.29, 0.717) is 22.2 Å². The van der Waals surface area contributed by atoms with Crippen LogP contribution in [0.5, 0.6) is 0 Å². The second kappa shape index (κ2) is 12.8. The van der Waals surface area contributed by atoms with Crippen molar-refractivity contribution < 1.29 is 19.1 Å². The van der Waals surface area contributed by atoms with Gasteiger partial charge in [-0.2, -0.15) is 0 Å². The van der Waals surface area contributed by atoms with Crippen molar-refractivity contribution in [3.05, 3.63) is 95.1 Å². The minimum absolute atomic E-state index is 0.292. The van der Waals surface area contributed by atoms with Gasteiger partial charge in [-0.1, -0.05) is 71.2 Å². The van der Waals surface area contributed by atoms with E-state index in [1.165, 1.54) is 34.6 Å². The zero-order valence-electron chi connectivity index (χ0n) is 21.0. The molecule has 11 heteroatoms. The third-order valence-electron chi connectivity index (χ3n) is 4.89. The van der Waals surface area contributed by atoms with Crippen molar-refractivity contribution in [3.63, 3.8) is 0 Å². The number of rotatable bonds is 9. The van der Waals surface area contributed by atoms with Gasteiger partial charge in [0, 0.05) is 11.1 Å². The first-order valence-electron chi connectivity index (χ1n) is 11.7. The zero-order chi connectivity index (χ0) is 27.0. The molecule has 0 saturated heterocycles. The Kier molecular flexibility index (Phi) is 9.27. The Hall–Kier alpha value is -3.54. The molecular weight excluding hydrogens is 541 g/mol. The van der Waals surface area contributed by atoms with E-state index in [4.69, 9.17) is 9.47 Å². The lowest BCUT2D eigenvalue weighted by Crippen LogP contribution is -2.27. The van der Waals surface area contributed by atoms with Crippen LogP contribution in [0.3, 0.4) is 0 Å². The molecule has 2 aromatic heterocycles. The highest BCUT2D eigenvalue weighted by Gasteiger charge is 2.24. The van der Waals surface area contributed by atoms with Crippen LogP contribution in [-0.2, 0) is 14.3 Å². The minimum atomic E-state index is -0.647. The van der Waals surface area contributed by atoms with Crippen LogP contribution < -0.4 is 5.32 Å². The Morgan fingerprint density at radius 3 is 2.29 bits per heavy atom. The zero-order valence-corrected chi connectivity index (χ0v) is 23.4. The summed E-state index contributed by atoms with van der Waals surface area (Å²) in [6.45, 7) is 5.34. The number of thioether (sulfide) groups is 1. The molecule has 4 aromatic rings. The van der Waals surface area contributed by atoms with Crippen molar-refractivity contribution in [1.82, 2.24) is 14.6 Å². The topological polar surface area (TPSA) is 103 Å². The van der Waals surface area contributed by atoms with Gasteiger partial charge in [-0.25, -0.2) is 14.6 Å². The standard InChI is InChI=1S/C27H26N4O4S3/c1-27(2,3)35-26(33)30-25-29-21(17-37-25)20(14-15-36-22-16-28-31-38-22)24(32)34-23(18-10-6-4-7-11-18)19-12-8-5-9-13-19/h4-14,16-17,23H,15H2,1-3H3,(H,29,30,33)/b20-14-. The van der Waals surface area contributed by atoms with Crippen LogP contribution in [0.4, 0.5) is 9.93 Å². The summed E-state index contributed by atoms with van der Waals surface area (Å²) in [6, 6.07) is 19.2. The highest BCUT2D eigenvalue weighted by Crippen LogP contribution is 2.31. The maximum Gasteiger partial charge on any atom is 0.413 e. The number of hydrogen-bond donors (Lipinski definition) is 1. The lowest BCUT2D eigenvalue weighted by Gasteiger charge is -2.19. The van der Waals surface area contributed by atoms with E-state index < -0.39 is 23.8 Å². The van der Waals surface area contributed by atoms with Gasteiger partial charge in [-0.15, -0.1) is 28.2 Å². The summed E-state index contributed by atoms with van der Waals surface area (Å²) < 4.78 is 16.2. The molecule has 0 aliphatic heterocycles. The maximum absolute atomic E-state index is 13.6. The number of hydrogen-bond acceptors (Lipinski definition) is 10. The first kappa shape index (κ1) is 27.5. The highest BCUT2D eigenvalue weighted by molar-refractivity contribution is 8.01. The van der Waals surface area contributed by atoms with Crippen LogP contribution in [-0.4, -0.2) is 38.0 Å². The summed E-state index contributed by atoms with van der Waals surface area (Å²) in [5.74, 6) is -0.0537. The number of anilines is 1. The molecule has 0 fully saturated rings. The van der Waals surface area contributed by atoms with Crippen LogP contribution in [0.2, 0.25) is 0 Å². The van der Waals surface area contributed by atoms with Gasteiger partial charge in [0.1, 0.15) is 9.81 Å². The molecule has 38 heavy (non-hydrogen) atoms. The van der Waals surface area contributed by atoms with Crippen molar-refractivity contribution in [2.75, 3.05) is 11.1 Å². The summed E-state index contributed by atoms with van der Waals surface area (Å²) >= 11 is 3.98. The fourth-order valence-corrected chi connectivity index (χ4v) is 5.34. The quantitative estimate of drug-likeness (QED) is 0.133. The summed E-state index contributed by atoms with van der Waals surface area (Å²) in [5, 5.41) is 8.50. The SMILES string of the molecule is CC(C)(C)OC(=O)Nc1nc(/C(=C/CSc2cnns2)C(=O)OC(c2ccccc2)c2ccccc2)cs1. The van der Waals surface area contributed by atoms with Crippen molar-refractivity contribution in [3.8, 4) is 0 Å². The van der Waals surface area contributed by atoms with Crippen LogP contribution in [0.15, 0.2) is 82.5 Å². The Bertz CT molecular complexity index is 1330. The van der Waals surface area contributed by atoms with Gasteiger partial charge in [-0.3, -0.25) is 5.32 Å². The van der Waals surface area contributed by atoms with E-state index in [0.717, 1.165) is 15.3 Å². The smallest absolute Gasteiger partial charge is 0.413 e. The van der Waals surface area contributed by atoms with Crippen LogP contribution in [0.1, 0.15) is 43.7 Å². The molecule has 0 unspecified atom stereocenters. The molecular formula is C27H26N4O4S3. The van der Waals surface area contributed by atoms with Gasteiger partial charge in [0.25, 0.3) is 0 Å². The average Bonchev–Trinajstić information content (AvgIpc) is 3.57. The fraction of sp³-hybridized carbons (Fsp3) is 0.222. The number of carbonyl (C=O) groups is 2.